The molecule has 0 saturated heterocycles. The van der Waals surface area contributed by atoms with Gasteiger partial charge >= 0.3 is 17.8 Å². The number of amides is 1. The molecule has 0 saturated carbocycles. The van der Waals surface area contributed by atoms with E-state index in [4.69, 9.17) is 4.74 Å². The van der Waals surface area contributed by atoms with E-state index in [9.17, 15) is 19.2 Å². The number of rotatable bonds is 4. The summed E-state index contributed by atoms with van der Waals surface area (Å²) in [5.41, 5.74) is -0.914. The van der Waals surface area contributed by atoms with Crippen LogP contribution in [0.25, 0.3) is 0 Å². The molecule has 1 amide bonds. The van der Waals surface area contributed by atoms with E-state index in [1.807, 2.05) is 0 Å². The topological polar surface area (TPSA) is 99.2 Å². The van der Waals surface area contributed by atoms with E-state index in [1.165, 1.54) is 31.4 Å². The molecule has 0 bridgehead atoms. The molecule has 0 N–H and O–H groups in total. The summed E-state index contributed by atoms with van der Waals surface area (Å²) >= 11 is 0. The van der Waals surface area contributed by atoms with E-state index in [0.29, 0.717) is 5.75 Å². The summed E-state index contributed by atoms with van der Waals surface area (Å²) < 4.78 is 14.1. The lowest BCUT2D eigenvalue weighted by atomic mass is 10.1. The number of esters is 2. The van der Waals surface area contributed by atoms with E-state index < -0.39 is 34.9 Å². The van der Waals surface area contributed by atoms with Gasteiger partial charge in [-0.25, -0.2) is 9.59 Å². The first-order valence-electron chi connectivity index (χ1n) is 6.40. The summed E-state index contributed by atoms with van der Waals surface area (Å²) in [4.78, 5) is 48.8. The molecule has 0 radical (unpaired) electrons. The first-order valence-corrected chi connectivity index (χ1v) is 6.40. The van der Waals surface area contributed by atoms with Gasteiger partial charge in [-0.3, -0.25) is 14.5 Å². The zero-order valence-corrected chi connectivity index (χ0v) is 12.6. The van der Waals surface area contributed by atoms with Crippen molar-refractivity contribution in [3.63, 3.8) is 0 Å². The maximum absolute atomic E-state index is 12.2. The summed E-state index contributed by atoms with van der Waals surface area (Å²) in [7, 11) is 3.58. The highest BCUT2D eigenvalue weighted by Crippen LogP contribution is 2.31. The van der Waals surface area contributed by atoms with Gasteiger partial charge in [0.15, 0.2) is 5.70 Å². The average Bonchev–Trinajstić information content (AvgIpc) is 2.85. The second-order valence-electron chi connectivity index (χ2n) is 4.37. The van der Waals surface area contributed by atoms with Gasteiger partial charge in [-0.05, 0) is 24.3 Å². The minimum absolute atomic E-state index is 0.212. The largest absolute Gasteiger partial charge is 0.497 e. The Bertz CT molecular complexity index is 718. The summed E-state index contributed by atoms with van der Waals surface area (Å²) in [5, 5.41) is 0. The zero-order chi connectivity index (χ0) is 17.1. The van der Waals surface area contributed by atoms with Crippen LogP contribution >= 0.6 is 0 Å². The first kappa shape index (κ1) is 16.2. The van der Waals surface area contributed by atoms with Crippen molar-refractivity contribution in [2.45, 2.75) is 0 Å². The third-order valence-electron chi connectivity index (χ3n) is 3.18. The molecule has 0 fully saturated rings. The molecule has 1 aromatic carbocycles. The van der Waals surface area contributed by atoms with Crippen LogP contribution in [0, 0.1) is 0 Å². The maximum Gasteiger partial charge on any atom is 0.356 e. The third kappa shape index (κ3) is 2.66. The molecular weight excluding hydrogens is 306 g/mol. The first-order chi connectivity index (χ1) is 11.0. The van der Waals surface area contributed by atoms with E-state index in [-0.39, 0.29) is 5.69 Å². The number of carbonyl (C=O) groups excluding carboxylic acids is 4. The number of anilines is 1. The Kier molecular flexibility index (Phi) is 4.44. The van der Waals surface area contributed by atoms with Crippen molar-refractivity contribution in [1.82, 2.24) is 0 Å². The standard InChI is InChI=1S/C15H13NO7/c1-21-9-6-4-8(5-7-9)16-11(15(20)23-3)10(14(19)22-2)12(17)13(16)18/h4-7H,1-3H3. The summed E-state index contributed by atoms with van der Waals surface area (Å²) in [5.74, 6) is -3.74. The number of ketones is 1. The summed E-state index contributed by atoms with van der Waals surface area (Å²) in [6.45, 7) is 0. The monoisotopic (exact) mass is 319 g/mol. The maximum atomic E-state index is 12.2. The number of methoxy groups -OCH3 is 3. The number of ether oxygens (including phenoxy) is 3. The van der Waals surface area contributed by atoms with Crippen molar-refractivity contribution in [2.75, 3.05) is 26.2 Å². The molecule has 1 aliphatic heterocycles. The van der Waals surface area contributed by atoms with Crippen molar-refractivity contribution < 1.29 is 33.4 Å². The molecule has 0 spiro atoms. The van der Waals surface area contributed by atoms with Gasteiger partial charge in [0.2, 0.25) is 0 Å². The number of benzene rings is 1. The van der Waals surface area contributed by atoms with Gasteiger partial charge in [0.05, 0.1) is 21.3 Å². The number of hydrogen-bond donors (Lipinski definition) is 0. The predicted octanol–water partition coefficient (Wildman–Crippen LogP) is 0.211. The van der Waals surface area contributed by atoms with Gasteiger partial charge in [-0.2, -0.15) is 0 Å². The smallest absolute Gasteiger partial charge is 0.356 e. The highest BCUT2D eigenvalue weighted by atomic mass is 16.5. The van der Waals surface area contributed by atoms with Gasteiger partial charge in [0, 0.05) is 5.69 Å². The van der Waals surface area contributed by atoms with Crippen LogP contribution in [-0.4, -0.2) is 45.0 Å². The quantitative estimate of drug-likeness (QED) is 0.444. The fourth-order valence-electron chi connectivity index (χ4n) is 2.09. The minimum atomic E-state index is -1.13. The van der Waals surface area contributed by atoms with Crippen molar-refractivity contribution in [3.8, 4) is 5.75 Å². The van der Waals surface area contributed by atoms with E-state index in [2.05, 4.69) is 9.47 Å². The molecule has 1 aliphatic rings. The third-order valence-corrected chi connectivity index (χ3v) is 3.18. The van der Waals surface area contributed by atoms with Crippen LogP contribution in [0.2, 0.25) is 0 Å². The lowest BCUT2D eigenvalue weighted by Gasteiger charge is -2.18. The van der Waals surface area contributed by atoms with Crippen molar-refractivity contribution in [2.24, 2.45) is 0 Å². The fourth-order valence-corrected chi connectivity index (χ4v) is 2.09. The Morgan fingerprint density at radius 2 is 1.48 bits per heavy atom. The molecule has 23 heavy (non-hydrogen) atoms. The molecule has 0 aliphatic carbocycles. The van der Waals surface area contributed by atoms with E-state index >= 15 is 0 Å². The second-order valence-corrected chi connectivity index (χ2v) is 4.37. The van der Waals surface area contributed by atoms with Gasteiger partial charge in [0.25, 0.3) is 5.78 Å². The molecule has 2 rings (SSSR count). The van der Waals surface area contributed by atoms with Gasteiger partial charge in [-0.15, -0.1) is 0 Å². The van der Waals surface area contributed by atoms with Crippen molar-refractivity contribution in [3.05, 3.63) is 35.5 Å². The van der Waals surface area contributed by atoms with Crippen LogP contribution in [0.5, 0.6) is 5.75 Å². The number of Topliss-reactive ketones (excluding diaryl/α,β-unsaturated/α-hetero) is 1. The van der Waals surface area contributed by atoms with Crippen LogP contribution in [0.1, 0.15) is 0 Å². The van der Waals surface area contributed by atoms with Crippen molar-refractivity contribution >= 4 is 29.3 Å². The molecule has 0 unspecified atom stereocenters. The van der Waals surface area contributed by atoms with Crippen LogP contribution < -0.4 is 9.64 Å². The molecule has 8 heteroatoms. The number of nitrogens with zero attached hydrogens (tertiary/aromatic N) is 1. The Balaban J connectivity index is 2.61. The lowest BCUT2D eigenvalue weighted by Crippen LogP contribution is -2.31. The average molecular weight is 319 g/mol. The van der Waals surface area contributed by atoms with Crippen LogP contribution in [0.3, 0.4) is 0 Å². The lowest BCUT2D eigenvalue weighted by molar-refractivity contribution is -0.141. The summed E-state index contributed by atoms with van der Waals surface area (Å²) in [6.07, 6.45) is 0. The van der Waals surface area contributed by atoms with E-state index in [1.54, 1.807) is 0 Å². The molecule has 0 aromatic heterocycles. The number of carbonyl (C=O) groups is 4. The number of hydrogen-bond acceptors (Lipinski definition) is 7. The van der Waals surface area contributed by atoms with Gasteiger partial charge in [-0.1, -0.05) is 0 Å². The molecule has 8 nitrogen and oxygen atoms in total. The van der Waals surface area contributed by atoms with Crippen LogP contribution in [0.4, 0.5) is 5.69 Å². The Labute approximate surface area is 131 Å². The van der Waals surface area contributed by atoms with Crippen LogP contribution in [0.15, 0.2) is 35.5 Å². The fraction of sp³-hybridized carbons (Fsp3) is 0.200. The Morgan fingerprint density at radius 1 is 0.913 bits per heavy atom. The predicted molar refractivity (Wildman–Crippen MR) is 76.5 cm³/mol. The highest BCUT2D eigenvalue weighted by molar-refractivity contribution is 6.57. The molecule has 1 heterocycles. The Morgan fingerprint density at radius 3 is 1.96 bits per heavy atom. The molecule has 0 atom stereocenters. The zero-order valence-electron chi connectivity index (χ0n) is 12.6. The van der Waals surface area contributed by atoms with Crippen LogP contribution in [-0.2, 0) is 28.7 Å². The molecule has 120 valence electrons. The Hall–Kier alpha value is -3.16. The van der Waals surface area contributed by atoms with Crippen molar-refractivity contribution in [1.29, 1.82) is 0 Å². The molecular formula is C15H13NO7. The molecule has 1 aromatic rings. The van der Waals surface area contributed by atoms with Gasteiger partial charge < -0.3 is 14.2 Å². The minimum Gasteiger partial charge on any atom is -0.497 e. The van der Waals surface area contributed by atoms with E-state index in [0.717, 1.165) is 19.1 Å². The second kappa shape index (κ2) is 6.30. The van der Waals surface area contributed by atoms with Gasteiger partial charge in [0.1, 0.15) is 11.3 Å². The SMILES string of the molecule is COC(=O)C1=C(C(=O)OC)N(c2ccc(OC)cc2)C(=O)C1=O. The normalized spacial score (nSPS) is 14.1. The summed E-state index contributed by atoms with van der Waals surface area (Å²) in [6, 6.07) is 6.01. The highest BCUT2D eigenvalue weighted by Gasteiger charge is 2.46.